The number of benzene rings is 2. The number of halogens is 2. The fourth-order valence-electron chi connectivity index (χ4n) is 2.43. The average Bonchev–Trinajstić information content (AvgIpc) is 2.49. The number of methoxy groups -OCH3 is 1. The second kappa shape index (κ2) is 7.05. The molecule has 112 valence electrons. The highest BCUT2D eigenvalue weighted by molar-refractivity contribution is 9.10. The van der Waals surface area contributed by atoms with E-state index in [2.05, 4.69) is 21.2 Å². The number of rotatable bonds is 5. The Kier molecular flexibility index (Phi) is 5.37. The molecule has 0 saturated heterocycles. The van der Waals surface area contributed by atoms with Crippen LogP contribution in [0.5, 0.6) is 5.75 Å². The van der Waals surface area contributed by atoms with Crippen molar-refractivity contribution in [2.45, 2.75) is 25.9 Å². The largest absolute Gasteiger partial charge is 0.496 e. The van der Waals surface area contributed by atoms with E-state index in [4.69, 9.17) is 4.74 Å². The molecule has 2 aromatic carbocycles. The standard InChI is InChI=1S/C17H19BrFNO/c1-11(14-6-4-5-7-17(14)21-3)20-12(2)15-10-13(18)8-9-16(15)19/h4-12,20H,1-3H3/t11-,12?/m0/s1. The molecule has 0 fully saturated rings. The highest BCUT2D eigenvalue weighted by Crippen LogP contribution is 2.28. The molecule has 0 aliphatic carbocycles. The van der Waals surface area contributed by atoms with Crippen molar-refractivity contribution in [1.29, 1.82) is 0 Å². The van der Waals surface area contributed by atoms with Gasteiger partial charge < -0.3 is 10.1 Å². The van der Waals surface area contributed by atoms with E-state index in [0.29, 0.717) is 5.56 Å². The van der Waals surface area contributed by atoms with Gasteiger partial charge in [0.05, 0.1) is 7.11 Å². The summed E-state index contributed by atoms with van der Waals surface area (Å²) in [6.07, 6.45) is 0. The summed E-state index contributed by atoms with van der Waals surface area (Å²) in [5, 5.41) is 3.41. The lowest BCUT2D eigenvalue weighted by molar-refractivity contribution is 0.395. The van der Waals surface area contributed by atoms with E-state index in [0.717, 1.165) is 15.8 Å². The molecule has 0 spiro atoms. The van der Waals surface area contributed by atoms with Gasteiger partial charge in [0, 0.05) is 27.7 Å². The zero-order chi connectivity index (χ0) is 15.4. The van der Waals surface area contributed by atoms with Gasteiger partial charge in [-0.15, -0.1) is 0 Å². The van der Waals surface area contributed by atoms with E-state index < -0.39 is 0 Å². The average molecular weight is 352 g/mol. The molecule has 4 heteroatoms. The number of hydrogen-bond donors (Lipinski definition) is 1. The fourth-order valence-corrected chi connectivity index (χ4v) is 2.80. The summed E-state index contributed by atoms with van der Waals surface area (Å²) in [4.78, 5) is 0. The summed E-state index contributed by atoms with van der Waals surface area (Å²) in [6, 6.07) is 12.8. The van der Waals surface area contributed by atoms with Crippen LogP contribution in [-0.4, -0.2) is 7.11 Å². The van der Waals surface area contributed by atoms with Gasteiger partial charge in [0.2, 0.25) is 0 Å². The van der Waals surface area contributed by atoms with Crippen LogP contribution >= 0.6 is 15.9 Å². The molecule has 0 bridgehead atoms. The maximum atomic E-state index is 13.9. The monoisotopic (exact) mass is 351 g/mol. The molecule has 1 N–H and O–H groups in total. The third kappa shape index (κ3) is 3.83. The Labute approximate surface area is 133 Å². The third-order valence-electron chi connectivity index (χ3n) is 3.53. The normalized spacial score (nSPS) is 13.8. The quantitative estimate of drug-likeness (QED) is 0.817. The van der Waals surface area contributed by atoms with Crippen LogP contribution < -0.4 is 10.1 Å². The van der Waals surface area contributed by atoms with Crippen LogP contribution in [0, 0.1) is 5.82 Å². The second-order valence-corrected chi connectivity index (χ2v) is 5.93. The number of hydrogen-bond acceptors (Lipinski definition) is 2. The lowest BCUT2D eigenvalue weighted by atomic mass is 10.0. The van der Waals surface area contributed by atoms with Crippen LogP contribution in [0.15, 0.2) is 46.9 Å². The maximum absolute atomic E-state index is 13.9. The van der Waals surface area contributed by atoms with Gasteiger partial charge >= 0.3 is 0 Å². The molecule has 1 unspecified atom stereocenters. The van der Waals surface area contributed by atoms with E-state index in [1.54, 1.807) is 13.2 Å². The first-order valence-corrected chi connectivity index (χ1v) is 7.66. The van der Waals surface area contributed by atoms with Crippen molar-refractivity contribution < 1.29 is 9.13 Å². The van der Waals surface area contributed by atoms with Gasteiger partial charge in [-0.2, -0.15) is 0 Å². The predicted molar refractivity (Wildman–Crippen MR) is 87.1 cm³/mol. The van der Waals surface area contributed by atoms with Gasteiger partial charge in [0.15, 0.2) is 0 Å². The van der Waals surface area contributed by atoms with Crippen LogP contribution in [0.4, 0.5) is 4.39 Å². The minimum Gasteiger partial charge on any atom is -0.496 e. The highest BCUT2D eigenvalue weighted by Gasteiger charge is 2.17. The summed E-state index contributed by atoms with van der Waals surface area (Å²) in [6.45, 7) is 4.00. The van der Waals surface area contributed by atoms with Gasteiger partial charge in [0.25, 0.3) is 0 Å². The van der Waals surface area contributed by atoms with Crippen LogP contribution in [0.2, 0.25) is 0 Å². The zero-order valence-electron chi connectivity index (χ0n) is 12.4. The Balaban J connectivity index is 2.18. The second-order valence-electron chi connectivity index (χ2n) is 5.02. The summed E-state index contributed by atoms with van der Waals surface area (Å²) >= 11 is 3.38. The smallest absolute Gasteiger partial charge is 0.128 e. The van der Waals surface area contributed by atoms with E-state index >= 15 is 0 Å². The maximum Gasteiger partial charge on any atom is 0.128 e. The van der Waals surface area contributed by atoms with E-state index in [9.17, 15) is 4.39 Å². The minimum absolute atomic E-state index is 0.0505. The molecule has 0 radical (unpaired) electrons. The molecule has 0 aliphatic rings. The molecular weight excluding hydrogens is 333 g/mol. The van der Waals surface area contributed by atoms with Crippen molar-refractivity contribution in [2.75, 3.05) is 7.11 Å². The first-order chi connectivity index (χ1) is 10.0. The van der Waals surface area contributed by atoms with E-state index in [1.165, 1.54) is 6.07 Å². The summed E-state index contributed by atoms with van der Waals surface area (Å²) in [5.74, 6) is 0.629. The third-order valence-corrected chi connectivity index (χ3v) is 4.02. The number of para-hydroxylation sites is 1. The number of ether oxygens (including phenoxy) is 1. The van der Waals surface area contributed by atoms with Gasteiger partial charge in [-0.3, -0.25) is 0 Å². The lowest BCUT2D eigenvalue weighted by Crippen LogP contribution is -2.23. The van der Waals surface area contributed by atoms with Gasteiger partial charge in [-0.25, -0.2) is 4.39 Å². The van der Waals surface area contributed by atoms with Crippen molar-refractivity contribution >= 4 is 15.9 Å². The summed E-state index contributed by atoms with van der Waals surface area (Å²) < 4.78 is 20.2. The predicted octanol–water partition coefficient (Wildman–Crippen LogP) is 5.01. The molecule has 2 atom stereocenters. The fraction of sp³-hybridized carbons (Fsp3) is 0.294. The summed E-state index contributed by atoms with van der Waals surface area (Å²) in [5.41, 5.74) is 1.70. The Bertz CT molecular complexity index is 617. The van der Waals surface area contributed by atoms with Gasteiger partial charge in [0.1, 0.15) is 11.6 Å². The van der Waals surface area contributed by atoms with Gasteiger partial charge in [-0.1, -0.05) is 34.1 Å². The molecule has 2 aromatic rings. The Morgan fingerprint density at radius 2 is 1.71 bits per heavy atom. The molecule has 0 amide bonds. The molecule has 0 aliphatic heterocycles. The Hall–Kier alpha value is -1.39. The first kappa shape index (κ1) is 16.0. The summed E-state index contributed by atoms with van der Waals surface area (Å²) in [7, 11) is 1.66. The molecule has 21 heavy (non-hydrogen) atoms. The van der Waals surface area contributed by atoms with Crippen molar-refractivity contribution in [3.8, 4) is 5.75 Å². The van der Waals surface area contributed by atoms with Crippen molar-refractivity contribution in [1.82, 2.24) is 5.32 Å². The van der Waals surface area contributed by atoms with Crippen molar-refractivity contribution in [3.05, 3.63) is 63.9 Å². The van der Waals surface area contributed by atoms with E-state index in [1.807, 2.05) is 44.2 Å². The van der Waals surface area contributed by atoms with Crippen LogP contribution in [0.25, 0.3) is 0 Å². The molecule has 0 aromatic heterocycles. The van der Waals surface area contributed by atoms with Gasteiger partial charge in [-0.05, 0) is 38.1 Å². The van der Waals surface area contributed by atoms with E-state index in [-0.39, 0.29) is 17.9 Å². The van der Waals surface area contributed by atoms with Crippen LogP contribution in [0.1, 0.15) is 37.1 Å². The first-order valence-electron chi connectivity index (χ1n) is 6.87. The zero-order valence-corrected chi connectivity index (χ0v) is 13.9. The molecule has 0 heterocycles. The number of nitrogens with one attached hydrogen (secondary N) is 1. The molecule has 2 nitrogen and oxygen atoms in total. The topological polar surface area (TPSA) is 21.3 Å². The van der Waals surface area contributed by atoms with Crippen molar-refractivity contribution in [3.63, 3.8) is 0 Å². The van der Waals surface area contributed by atoms with Crippen LogP contribution in [-0.2, 0) is 0 Å². The Morgan fingerprint density at radius 3 is 2.43 bits per heavy atom. The van der Waals surface area contributed by atoms with Crippen LogP contribution in [0.3, 0.4) is 0 Å². The van der Waals surface area contributed by atoms with Crippen molar-refractivity contribution in [2.24, 2.45) is 0 Å². The Morgan fingerprint density at radius 1 is 1.05 bits per heavy atom. The highest BCUT2D eigenvalue weighted by atomic mass is 79.9. The minimum atomic E-state index is -0.203. The molecule has 2 rings (SSSR count). The SMILES string of the molecule is COc1ccccc1[C@H](C)NC(C)c1cc(Br)ccc1F. The lowest BCUT2D eigenvalue weighted by Gasteiger charge is -2.22. The molecular formula is C17H19BrFNO. The molecule has 0 saturated carbocycles.